The number of nitrogens with one attached hydrogen (secondary N) is 1. The number of aryl methyl sites for hydroxylation is 2. The van der Waals surface area contributed by atoms with Gasteiger partial charge in [-0.2, -0.15) is 0 Å². The number of aromatic nitrogens is 1. The maximum atomic E-state index is 12.2. The number of fused-ring (bicyclic) bond motifs is 1. The Hall–Kier alpha value is -4.10. The molecule has 202 valence electrons. The Morgan fingerprint density at radius 3 is 2.38 bits per heavy atom. The van der Waals surface area contributed by atoms with Crippen molar-refractivity contribution in [3.05, 3.63) is 88.5 Å². The van der Waals surface area contributed by atoms with Crippen LogP contribution >= 0.6 is 0 Å². The number of methoxy groups -OCH3 is 1. The van der Waals surface area contributed by atoms with E-state index >= 15 is 0 Å². The number of hydrogen-bond acceptors (Lipinski definition) is 5. The number of aromatic hydroxyl groups is 1. The lowest BCUT2D eigenvalue weighted by Crippen LogP contribution is -2.29. The number of anilines is 1. The van der Waals surface area contributed by atoms with E-state index in [-0.39, 0.29) is 5.88 Å². The van der Waals surface area contributed by atoms with Crippen LogP contribution in [0.3, 0.4) is 0 Å². The predicted molar refractivity (Wildman–Crippen MR) is 158 cm³/mol. The summed E-state index contributed by atoms with van der Waals surface area (Å²) in [7, 11) is 3.01. The van der Waals surface area contributed by atoms with Gasteiger partial charge in [-0.1, -0.05) is 36.8 Å². The zero-order valence-electron chi connectivity index (χ0n) is 23.1. The van der Waals surface area contributed by atoms with Crippen LogP contribution in [0.4, 0.5) is 16.2 Å². The number of benzene rings is 3. The number of ether oxygens (including phenoxy) is 1. The molecule has 2 heterocycles. The summed E-state index contributed by atoms with van der Waals surface area (Å²) in [6.07, 6.45) is 3.40. The van der Waals surface area contributed by atoms with E-state index in [0.29, 0.717) is 17.0 Å². The van der Waals surface area contributed by atoms with Gasteiger partial charge in [0.05, 0.1) is 24.1 Å². The molecule has 1 amide bonds. The third-order valence-electron chi connectivity index (χ3n) is 7.63. The first-order valence-corrected chi connectivity index (χ1v) is 13.5. The second-order valence-electron chi connectivity index (χ2n) is 10.3. The average Bonchev–Trinajstić information content (AvgIpc) is 3.28. The van der Waals surface area contributed by atoms with Gasteiger partial charge in [-0.3, -0.25) is 9.80 Å². The molecule has 1 aromatic heterocycles. The zero-order valence-corrected chi connectivity index (χ0v) is 23.1. The van der Waals surface area contributed by atoms with Gasteiger partial charge in [0.25, 0.3) is 0 Å². The van der Waals surface area contributed by atoms with E-state index in [1.807, 2.05) is 48.5 Å². The molecule has 7 nitrogen and oxygen atoms in total. The minimum absolute atomic E-state index is 0.0284. The van der Waals surface area contributed by atoms with Crippen LogP contribution in [0.15, 0.2) is 65.7 Å². The van der Waals surface area contributed by atoms with Crippen molar-refractivity contribution >= 4 is 34.1 Å². The second kappa shape index (κ2) is 11.3. The maximum absolute atomic E-state index is 12.2. The van der Waals surface area contributed by atoms with Crippen LogP contribution in [0.5, 0.6) is 5.88 Å². The Bertz CT molecular complexity index is 1490. The summed E-state index contributed by atoms with van der Waals surface area (Å²) in [5, 5.41) is 11.9. The third-order valence-corrected chi connectivity index (χ3v) is 7.63. The van der Waals surface area contributed by atoms with Crippen molar-refractivity contribution in [3.8, 4) is 5.88 Å². The van der Waals surface area contributed by atoms with Crippen molar-refractivity contribution in [3.63, 3.8) is 0 Å². The fourth-order valence-corrected chi connectivity index (χ4v) is 5.47. The van der Waals surface area contributed by atoms with Gasteiger partial charge in [-0.05, 0) is 86.8 Å². The van der Waals surface area contributed by atoms with Gasteiger partial charge in [0, 0.05) is 35.7 Å². The van der Waals surface area contributed by atoms with Gasteiger partial charge in [-0.15, -0.1) is 0 Å². The highest BCUT2D eigenvalue weighted by Crippen LogP contribution is 2.34. The van der Waals surface area contributed by atoms with Gasteiger partial charge in [0.1, 0.15) is 0 Å². The van der Waals surface area contributed by atoms with Crippen LogP contribution in [0.1, 0.15) is 47.1 Å². The van der Waals surface area contributed by atoms with E-state index in [2.05, 4.69) is 35.9 Å². The van der Waals surface area contributed by atoms with Crippen molar-refractivity contribution in [1.29, 1.82) is 0 Å². The monoisotopic (exact) mass is 524 g/mol. The maximum Gasteiger partial charge on any atom is 0.413 e. The Kier molecular flexibility index (Phi) is 7.70. The highest BCUT2D eigenvalue weighted by atomic mass is 16.5. The molecule has 7 heteroatoms. The number of carbonyl (C=O) groups excluding carboxylic acids is 1. The summed E-state index contributed by atoms with van der Waals surface area (Å²) in [4.78, 5) is 24.4. The SMILES string of the molecule is COC(=O)N(C)c1ccc2[nH]c(O)c(C(=Nc3cc(C)c(CN4CCCCC4)c(C)c3)c3ccccc3)c2c1. The second-order valence-corrected chi connectivity index (χ2v) is 10.3. The number of aromatic amines is 1. The normalized spacial score (nSPS) is 14.5. The van der Waals surface area contributed by atoms with E-state index in [1.54, 1.807) is 7.05 Å². The van der Waals surface area contributed by atoms with Crippen LogP contribution in [-0.4, -0.2) is 54.0 Å². The Morgan fingerprint density at radius 1 is 1.03 bits per heavy atom. The molecule has 1 aliphatic rings. The van der Waals surface area contributed by atoms with E-state index in [0.717, 1.165) is 41.8 Å². The number of H-pyrrole nitrogens is 1. The van der Waals surface area contributed by atoms with Crippen LogP contribution in [0.2, 0.25) is 0 Å². The molecule has 4 aromatic rings. The number of amides is 1. The average molecular weight is 525 g/mol. The molecule has 2 N–H and O–H groups in total. The molecule has 3 aromatic carbocycles. The smallest absolute Gasteiger partial charge is 0.413 e. The molecule has 0 unspecified atom stereocenters. The van der Waals surface area contributed by atoms with Crippen molar-refractivity contribution < 1.29 is 14.6 Å². The fraction of sp³-hybridized carbons (Fsp3) is 0.312. The number of hydrogen-bond donors (Lipinski definition) is 2. The first-order chi connectivity index (χ1) is 18.9. The lowest BCUT2D eigenvalue weighted by atomic mass is 9.98. The molecule has 1 saturated heterocycles. The van der Waals surface area contributed by atoms with Crippen molar-refractivity contribution in [1.82, 2.24) is 9.88 Å². The van der Waals surface area contributed by atoms with Crippen LogP contribution < -0.4 is 4.90 Å². The van der Waals surface area contributed by atoms with Crippen LogP contribution in [0.25, 0.3) is 10.9 Å². The summed E-state index contributed by atoms with van der Waals surface area (Å²) in [6.45, 7) is 7.60. The van der Waals surface area contributed by atoms with Gasteiger partial charge in [-0.25, -0.2) is 9.79 Å². The summed E-state index contributed by atoms with van der Waals surface area (Å²) < 4.78 is 4.89. The topological polar surface area (TPSA) is 81.2 Å². The largest absolute Gasteiger partial charge is 0.494 e. The number of carbonyl (C=O) groups is 1. The molecular weight excluding hydrogens is 488 g/mol. The summed E-state index contributed by atoms with van der Waals surface area (Å²) in [5.41, 5.74) is 8.16. The number of piperidine rings is 1. The first kappa shape index (κ1) is 26.5. The third kappa shape index (κ3) is 5.54. The molecule has 0 spiro atoms. The molecule has 1 aliphatic heterocycles. The standard InChI is InChI=1S/C32H36N4O3/c1-21-17-24(18-22(2)27(21)20-36-15-9-6-10-16-36)33-30(23-11-7-5-8-12-23)29-26-19-25(35(3)32(38)39-4)13-14-28(26)34-31(29)37/h5,7-8,11-14,17-19,34,37H,6,9-10,15-16,20H2,1-4H3. The molecule has 5 rings (SSSR count). The summed E-state index contributed by atoms with van der Waals surface area (Å²) in [5.74, 6) is 0.0284. The van der Waals surface area contributed by atoms with Crippen molar-refractivity contribution in [2.45, 2.75) is 39.7 Å². The highest BCUT2D eigenvalue weighted by Gasteiger charge is 2.21. The molecule has 0 saturated carbocycles. The van der Waals surface area contributed by atoms with Gasteiger partial charge >= 0.3 is 6.09 Å². The minimum atomic E-state index is -0.469. The molecule has 0 aliphatic carbocycles. The first-order valence-electron chi connectivity index (χ1n) is 13.5. The Morgan fingerprint density at radius 2 is 1.72 bits per heavy atom. The number of nitrogens with zero attached hydrogens (tertiary/aromatic N) is 3. The van der Waals surface area contributed by atoms with Crippen LogP contribution in [-0.2, 0) is 11.3 Å². The van der Waals surface area contributed by atoms with Gasteiger partial charge in [0.15, 0.2) is 5.88 Å². The molecule has 39 heavy (non-hydrogen) atoms. The Labute approximate surface area is 229 Å². The number of likely N-dealkylation sites (tertiary alicyclic amines) is 1. The number of aliphatic imine (C=N–C) groups is 1. The fourth-order valence-electron chi connectivity index (χ4n) is 5.47. The molecule has 0 atom stereocenters. The molecule has 1 fully saturated rings. The minimum Gasteiger partial charge on any atom is -0.494 e. The summed E-state index contributed by atoms with van der Waals surface area (Å²) >= 11 is 0. The van der Waals surface area contributed by atoms with Crippen molar-refractivity contribution in [2.75, 3.05) is 32.1 Å². The van der Waals surface area contributed by atoms with Crippen molar-refractivity contribution in [2.24, 2.45) is 4.99 Å². The lowest BCUT2D eigenvalue weighted by Gasteiger charge is -2.28. The van der Waals surface area contributed by atoms with Gasteiger partial charge < -0.3 is 14.8 Å². The predicted octanol–water partition coefficient (Wildman–Crippen LogP) is 6.85. The number of rotatable bonds is 6. The molecule has 0 bridgehead atoms. The molecular formula is C32H36N4O3. The van der Waals surface area contributed by atoms with E-state index in [9.17, 15) is 9.90 Å². The Balaban J connectivity index is 1.62. The molecule has 0 radical (unpaired) electrons. The van der Waals surface area contributed by atoms with Gasteiger partial charge in [0.2, 0.25) is 0 Å². The zero-order chi connectivity index (χ0) is 27.5. The van der Waals surface area contributed by atoms with E-state index in [1.165, 1.54) is 48.0 Å². The highest BCUT2D eigenvalue weighted by molar-refractivity contribution is 6.22. The summed E-state index contributed by atoms with van der Waals surface area (Å²) in [6, 6.07) is 19.7. The van der Waals surface area contributed by atoms with E-state index < -0.39 is 6.09 Å². The van der Waals surface area contributed by atoms with E-state index in [4.69, 9.17) is 9.73 Å². The van der Waals surface area contributed by atoms with Crippen LogP contribution in [0, 0.1) is 13.8 Å². The quantitative estimate of drug-likeness (QED) is 0.270. The lowest BCUT2D eigenvalue weighted by molar-refractivity contribution is 0.180.